The summed E-state index contributed by atoms with van der Waals surface area (Å²) in [7, 11) is 0. The van der Waals surface area contributed by atoms with Gasteiger partial charge in [-0.15, -0.1) is 0 Å². The van der Waals surface area contributed by atoms with E-state index in [1.54, 1.807) is 0 Å². The first-order chi connectivity index (χ1) is 34.1. The zero-order chi connectivity index (χ0) is 48.1. The zero-order valence-electron chi connectivity index (χ0n) is 44.9. The highest BCUT2D eigenvalue weighted by Gasteiger charge is 2.36. The van der Waals surface area contributed by atoms with Crippen LogP contribution in [-0.2, 0) is 17.6 Å². The minimum atomic E-state index is 0.0828. The molecule has 6 rings (SSSR count). The monoisotopic (exact) mass is 937 g/mol. The molecule has 2 heterocycles. The average molecular weight is 938 g/mol. The number of hydrogen-bond donors (Lipinski definition) is 0. The Balaban J connectivity index is 1.18. The van der Waals surface area contributed by atoms with Crippen LogP contribution >= 0.6 is 0 Å². The molecule has 2 aliphatic rings. The normalized spacial score (nSPS) is 19.4. The lowest BCUT2D eigenvalue weighted by atomic mass is 9.74. The fourth-order valence-electron chi connectivity index (χ4n) is 12.1. The van der Waals surface area contributed by atoms with Crippen LogP contribution in [0, 0.1) is 23.7 Å². The minimum absolute atomic E-state index is 0.0828. The van der Waals surface area contributed by atoms with Gasteiger partial charge in [0.25, 0.3) is 0 Å². The maximum atomic E-state index is 7.84. The van der Waals surface area contributed by atoms with Gasteiger partial charge in [-0.2, -0.15) is 0 Å². The van der Waals surface area contributed by atoms with E-state index in [1.165, 1.54) is 239 Å². The van der Waals surface area contributed by atoms with Gasteiger partial charge in [-0.25, -0.2) is 0 Å². The maximum Gasteiger partial charge on any atom is 0.0861 e. The van der Waals surface area contributed by atoms with E-state index < -0.39 is 0 Å². The molecular weight excluding hydrogens is 837 g/mol. The van der Waals surface area contributed by atoms with Crippen molar-refractivity contribution in [2.75, 3.05) is 0 Å². The number of benzene rings is 2. The highest BCUT2D eigenvalue weighted by atomic mass is 16.5. The van der Waals surface area contributed by atoms with Crippen LogP contribution in [0.3, 0.4) is 0 Å². The Kier molecular flexibility index (Phi) is 26.0. The van der Waals surface area contributed by atoms with Gasteiger partial charge < -0.3 is 4.74 Å². The van der Waals surface area contributed by atoms with E-state index in [4.69, 9.17) is 14.7 Å². The molecule has 3 nitrogen and oxygen atoms in total. The Morgan fingerprint density at radius 3 is 1.04 bits per heavy atom. The van der Waals surface area contributed by atoms with Gasteiger partial charge in [-0.05, 0) is 109 Å². The second-order valence-electron chi connectivity index (χ2n) is 22.3. The summed E-state index contributed by atoms with van der Waals surface area (Å²) in [6.07, 6.45) is 49.8. The first-order valence-corrected chi connectivity index (χ1v) is 29.8. The molecule has 380 valence electrons. The Labute approximate surface area is 424 Å². The quantitative estimate of drug-likeness (QED) is 0.0438. The number of ether oxygens (including phenoxy) is 1. The fraction of sp³-hybridized carbons (Fsp3) is 0.667. The summed E-state index contributed by atoms with van der Waals surface area (Å²) in [5.74, 6) is 2.82. The Morgan fingerprint density at radius 1 is 0.377 bits per heavy atom. The van der Waals surface area contributed by atoms with Gasteiger partial charge in [0.15, 0.2) is 0 Å². The molecule has 0 saturated heterocycles. The first-order valence-electron chi connectivity index (χ1n) is 29.8. The van der Waals surface area contributed by atoms with Gasteiger partial charge in [0.05, 0.1) is 23.6 Å². The SMILES string of the molecule is CCCCCCCCCc1ccc(-c2ccc(C(OC(c3ccc(-c4ccc(CCCCCCCCC)cn4)cc3)[C@H]3CC[C@H](CCCCCC)CC3)[C@H]3CC[C@H](CCCCCC)CC3)cc2)nc1. The topological polar surface area (TPSA) is 35.0 Å². The summed E-state index contributed by atoms with van der Waals surface area (Å²) in [5, 5.41) is 0. The second-order valence-corrected chi connectivity index (χ2v) is 22.3. The Hall–Kier alpha value is -3.30. The molecule has 0 amide bonds. The van der Waals surface area contributed by atoms with Crippen LogP contribution in [0.2, 0.25) is 0 Å². The lowest BCUT2D eigenvalue weighted by molar-refractivity contribution is -0.0907. The third-order valence-electron chi connectivity index (χ3n) is 16.7. The van der Waals surface area contributed by atoms with Crippen LogP contribution in [0.4, 0.5) is 0 Å². The molecule has 2 aliphatic carbocycles. The van der Waals surface area contributed by atoms with E-state index >= 15 is 0 Å². The molecule has 0 radical (unpaired) electrons. The van der Waals surface area contributed by atoms with E-state index in [9.17, 15) is 0 Å². The third kappa shape index (κ3) is 19.3. The van der Waals surface area contributed by atoms with Gasteiger partial charge in [0.1, 0.15) is 0 Å². The molecule has 2 unspecified atom stereocenters. The number of unbranched alkanes of at least 4 members (excludes halogenated alkanes) is 18. The molecule has 0 N–H and O–H groups in total. The molecule has 2 saturated carbocycles. The minimum Gasteiger partial charge on any atom is -0.365 e. The van der Waals surface area contributed by atoms with Crippen molar-refractivity contribution < 1.29 is 4.74 Å². The predicted octanol–water partition coefficient (Wildman–Crippen LogP) is 20.7. The van der Waals surface area contributed by atoms with E-state index in [2.05, 4.69) is 113 Å². The predicted molar refractivity (Wildman–Crippen MR) is 298 cm³/mol. The lowest BCUT2D eigenvalue weighted by Crippen LogP contribution is -2.28. The summed E-state index contributed by atoms with van der Waals surface area (Å²) in [6, 6.07) is 28.1. The van der Waals surface area contributed by atoms with Crippen LogP contribution in [0.25, 0.3) is 22.5 Å². The van der Waals surface area contributed by atoms with E-state index in [0.29, 0.717) is 11.8 Å². The molecule has 0 spiro atoms. The van der Waals surface area contributed by atoms with Crippen molar-refractivity contribution in [3.8, 4) is 22.5 Å². The number of rotatable bonds is 34. The highest BCUT2D eigenvalue weighted by Crippen LogP contribution is 2.47. The van der Waals surface area contributed by atoms with Crippen molar-refractivity contribution in [3.63, 3.8) is 0 Å². The van der Waals surface area contributed by atoms with Crippen LogP contribution in [0.15, 0.2) is 85.2 Å². The van der Waals surface area contributed by atoms with Gasteiger partial charge in [0, 0.05) is 23.5 Å². The molecule has 2 fully saturated rings. The summed E-state index contributed by atoms with van der Waals surface area (Å²) >= 11 is 0. The van der Waals surface area contributed by atoms with E-state index in [1.807, 2.05) is 0 Å². The molecular formula is C66H100N2O. The van der Waals surface area contributed by atoms with Crippen LogP contribution in [0.1, 0.15) is 268 Å². The number of pyridine rings is 2. The molecule has 2 aromatic heterocycles. The van der Waals surface area contributed by atoms with E-state index in [-0.39, 0.29) is 12.2 Å². The molecule has 2 aromatic carbocycles. The summed E-state index contributed by atoms with van der Waals surface area (Å²) < 4.78 is 7.84. The number of aryl methyl sites for hydroxylation is 2. The van der Waals surface area contributed by atoms with Crippen molar-refractivity contribution in [1.29, 1.82) is 0 Å². The molecule has 4 aromatic rings. The molecule has 0 bridgehead atoms. The van der Waals surface area contributed by atoms with E-state index in [0.717, 1.165) is 36.1 Å². The third-order valence-corrected chi connectivity index (χ3v) is 16.7. The van der Waals surface area contributed by atoms with Gasteiger partial charge in [-0.1, -0.05) is 255 Å². The summed E-state index contributed by atoms with van der Waals surface area (Å²) in [6.45, 7) is 9.26. The number of nitrogens with zero attached hydrogens (tertiary/aromatic N) is 2. The molecule has 2 atom stereocenters. The summed E-state index contributed by atoms with van der Waals surface area (Å²) in [4.78, 5) is 10.0. The lowest BCUT2D eigenvalue weighted by Gasteiger charge is -2.40. The molecule has 69 heavy (non-hydrogen) atoms. The molecule has 0 aliphatic heterocycles. The standard InChI is InChI=1S/C66H100N2O/c1-5-9-13-17-19-21-25-29-55-35-49-63(67-51-55)57-41-45-61(46-42-57)65(59-37-31-53(32-38-59)27-23-15-11-7-3)69-66(60-39-33-54(34-40-60)28-24-16-12-8-4)62-47-43-58(44-48-62)64-50-36-56(52-68-64)30-26-22-20-18-14-10-6-2/h35-36,41-54,59-60,65-66H,5-34,37-40H2,1-4H3/t53-,54-,59-,60-,65?,66?. The van der Waals surface area contributed by atoms with Crippen molar-refractivity contribution in [1.82, 2.24) is 9.97 Å². The largest absolute Gasteiger partial charge is 0.365 e. The first kappa shape index (κ1) is 55.0. The highest BCUT2D eigenvalue weighted by molar-refractivity contribution is 5.60. The van der Waals surface area contributed by atoms with Gasteiger partial charge >= 0.3 is 0 Å². The Bertz CT molecular complexity index is 1730. The van der Waals surface area contributed by atoms with Crippen LogP contribution in [0.5, 0.6) is 0 Å². The van der Waals surface area contributed by atoms with Gasteiger partial charge in [-0.3, -0.25) is 9.97 Å². The summed E-state index contributed by atoms with van der Waals surface area (Å²) in [5.41, 5.74) is 10.0. The zero-order valence-corrected chi connectivity index (χ0v) is 44.9. The fourth-order valence-corrected chi connectivity index (χ4v) is 12.1. The second kappa shape index (κ2) is 32.6. The smallest absolute Gasteiger partial charge is 0.0861 e. The Morgan fingerprint density at radius 2 is 0.710 bits per heavy atom. The van der Waals surface area contributed by atoms with Crippen LogP contribution in [-0.4, -0.2) is 9.97 Å². The van der Waals surface area contributed by atoms with Crippen LogP contribution < -0.4 is 0 Å². The number of hydrogen-bond acceptors (Lipinski definition) is 3. The average Bonchev–Trinajstić information content (AvgIpc) is 3.40. The van der Waals surface area contributed by atoms with Crippen molar-refractivity contribution in [2.24, 2.45) is 23.7 Å². The van der Waals surface area contributed by atoms with Crippen molar-refractivity contribution in [3.05, 3.63) is 107 Å². The van der Waals surface area contributed by atoms with Crippen molar-refractivity contribution >= 4 is 0 Å². The number of aromatic nitrogens is 2. The maximum absolute atomic E-state index is 7.84. The molecule has 3 heteroatoms. The van der Waals surface area contributed by atoms with Crippen molar-refractivity contribution in [2.45, 2.75) is 258 Å². The van der Waals surface area contributed by atoms with Gasteiger partial charge in [0.2, 0.25) is 0 Å².